The van der Waals surface area contributed by atoms with Gasteiger partial charge in [0.15, 0.2) is 0 Å². The number of anilines is 1. The zero-order valence-electron chi connectivity index (χ0n) is 16.8. The predicted molar refractivity (Wildman–Crippen MR) is 124 cm³/mol. The Balaban J connectivity index is 1.57. The van der Waals surface area contributed by atoms with Crippen molar-refractivity contribution in [1.82, 2.24) is 0 Å². The molecule has 0 aromatic heterocycles. The monoisotopic (exact) mass is 447 g/mol. The first-order chi connectivity index (χ1) is 14.1. The van der Waals surface area contributed by atoms with Crippen LogP contribution in [0.25, 0.3) is 0 Å². The van der Waals surface area contributed by atoms with E-state index in [2.05, 4.69) is 70.5 Å². The van der Waals surface area contributed by atoms with E-state index in [-0.39, 0.29) is 10.7 Å². The number of hydrogen-bond donors (Lipinski definition) is 0. The highest BCUT2D eigenvalue weighted by Gasteiger charge is 2.23. The van der Waals surface area contributed by atoms with Gasteiger partial charge in [-0.2, -0.15) is 0 Å². The summed E-state index contributed by atoms with van der Waals surface area (Å²) in [7, 11) is 1.91. The maximum Gasteiger partial charge on any atom is 0.240 e. The number of alkyl halides is 1. The third kappa shape index (κ3) is 4.79. The van der Waals surface area contributed by atoms with Gasteiger partial charge >= 0.3 is 0 Å². The molecule has 4 aliphatic rings. The van der Waals surface area contributed by atoms with Gasteiger partial charge in [-0.1, -0.05) is 82.7 Å². The largest absolute Gasteiger partial charge is 0.314 e. The van der Waals surface area contributed by atoms with Crippen molar-refractivity contribution in [2.75, 3.05) is 11.9 Å². The molecule has 0 spiro atoms. The molecule has 3 aromatic carbocycles. The van der Waals surface area contributed by atoms with Crippen LogP contribution in [0, 0.1) is 0 Å². The first-order valence-electron chi connectivity index (χ1n) is 10.3. The molecule has 7 rings (SSSR count). The summed E-state index contributed by atoms with van der Waals surface area (Å²) < 4.78 is 0. The molecule has 0 heterocycles. The number of halogens is 1. The minimum Gasteiger partial charge on any atom is -0.314 e. The van der Waals surface area contributed by atoms with Crippen molar-refractivity contribution >= 4 is 27.5 Å². The van der Waals surface area contributed by atoms with E-state index in [0.717, 1.165) is 36.9 Å². The Morgan fingerprint density at radius 3 is 2.14 bits per heavy atom. The number of nitrogens with zero attached hydrogens (tertiary/aromatic N) is 1. The SMILES string of the molecule is CN(C(=O)[C@H](Br)Cc1ccccc1)c1cc2ccc1CCc1ccc(cc1)CC2. The number of amides is 1. The zero-order chi connectivity index (χ0) is 20.2. The van der Waals surface area contributed by atoms with E-state index in [1.54, 1.807) is 0 Å². The molecule has 0 saturated heterocycles. The fourth-order valence-electron chi connectivity index (χ4n) is 3.97. The molecule has 1 amide bonds. The van der Waals surface area contributed by atoms with Gasteiger partial charge in [-0.3, -0.25) is 4.79 Å². The second-order valence-electron chi connectivity index (χ2n) is 7.83. The van der Waals surface area contributed by atoms with Crippen LogP contribution in [0.3, 0.4) is 0 Å². The molecule has 3 heteroatoms. The predicted octanol–water partition coefficient (Wildman–Crippen LogP) is 5.54. The second-order valence-corrected chi connectivity index (χ2v) is 8.94. The van der Waals surface area contributed by atoms with E-state index in [4.69, 9.17) is 0 Å². The summed E-state index contributed by atoms with van der Waals surface area (Å²) in [6.45, 7) is 0. The molecule has 4 bridgehead atoms. The Labute approximate surface area is 181 Å². The lowest BCUT2D eigenvalue weighted by molar-refractivity contribution is -0.117. The highest BCUT2D eigenvalue weighted by Crippen LogP contribution is 2.27. The van der Waals surface area contributed by atoms with E-state index >= 15 is 0 Å². The number of benzene rings is 3. The summed E-state index contributed by atoms with van der Waals surface area (Å²) in [5, 5.41) is 0. The third-order valence-electron chi connectivity index (χ3n) is 5.78. The lowest BCUT2D eigenvalue weighted by Gasteiger charge is -2.25. The van der Waals surface area contributed by atoms with Crippen molar-refractivity contribution in [2.24, 2.45) is 0 Å². The van der Waals surface area contributed by atoms with Gasteiger partial charge < -0.3 is 4.90 Å². The standard InChI is InChI=1S/C26H26BrNO/c1-28(26(29)24(27)17-21-5-3-2-4-6-21)25-18-22-12-11-19-7-9-20(10-8-19)13-15-23(25)16-14-22/h2-10,14,16,18,24H,11-13,15,17H2,1H3/t24-/m1/s1. The van der Waals surface area contributed by atoms with Crippen LogP contribution in [0.2, 0.25) is 0 Å². The first kappa shape index (κ1) is 19.9. The molecule has 29 heavy (non-hydrogen) atoms. The summed E-state index contributed by atoms with van der Waals surface area (Å²) >= 11 is 3.63. The normalized spacial score (nSPS) is 14.1. The van der Waals surface area contributed by atoms with Gasteiger partial charge in [0.25, 0.3) is 0 Å². The average Bonchev–Trinajstić information content (AvgIpc) is 2.75. The molecule has 1 atom stereocenters. The molecular formula is C26H26BrNO. The maximum atomic E-state index is 13.2. The Hall–Kier alpha value is -2.39. The van der Waals surface area contributed by atoms with Crippen molar-refractivity contribution < 1.29 is 4.79 Å². The molecule has 2 nitrogen and oxygen atoms in total. The molecule has 0 radical (unpaired) electrons. The molecule has 0 unspecified atom stereocenters. The second kappa shape index (κ2) is 8.96. The molecule has 0 aliphatic heterocycles. The van der Waals surface area contributed by atoms with Gasteiger partial charge in [-0.25, -0.2) is 0 Å². The lowest BCUT2D eigenvalue weighted by atomic mass is 9.95. The Kier molecular flexibility index (Phi) is 6.15. The minimum absolute atomic E-state index is 0.0997. The number of hydrogen-bond acceptors (Lipinski definition) is 1. The average molecular weight is 448 g/mol. The molecule has 0 fully saturated rings. The fraction of sp³-hybridized carbons (Fsp3) is 0.269. The highest BCUT2D eigenvalue weighted by molar-refractivity contribution is 9.10. The first-order valence-corrected chi connectivity index (χ1v) is 11.2. The minimum atomic E-state index is -0.239. The summed E-state index contributed by atoms with van der Waals surface area (Å²) in [6.07, 6.45) is 4.60. The number of carbonyl (C=O) groups excluding carboxylic acids is 1. The van der Waals surface area contributed by atoms with Crippen LogP contribution in [-0.2, 0) is 36.9 Å². The van der Waals surface area contributed by atoms with Gasteiger partial charge in [-0.05, 0) is 66.0 Å². The summed E-state index contributed by atoms with van der Waals surface area (Å²) in [5.74, 6) is 0.0997. The van der Waals surface area contributed by atoms with Gasteiger partial charge in [0.1, 0.15) is 0 Å². The lowest BCUT2D eigenvalue weighted by Crippen LogP contribution is -2.35. The van der Waals surface area contributed by atoms with Crippen LogP contribution in [0.4, 0.5) is 5.69 Å². The van der Waals surface area contributed by atoms with Crippen LogP contribution < -0.4 is 4.90 Å². The third-order valence-corrected chi connectivity index (χ3v) is 6.49. The highest BCUT2D eigenvalue weighted by atomic mass is 79.9. The fourth-order valence-corrected chi connectivity index (χ4v) is 4.65. The topological polar surface area (TPSA) is 20.3 Å². The van der Waals surface area contributed by atoms with Crippen LogP contribution >= 0.6 is 15.9 Å². The Morgan fingerprint density at radius 2 is 1.45 bits per heavy atom. The van der Waals surface area contributed by atoms with Crippen molar-refractivity contribution in [3.05, 3.63) is 101 Å². The van der Waals surface area contributed by atoms with Crippen molar-refractivity contribution in [1.29, 1.82) is 0 Å². The van der Waals surface area contributed by atoms with Crippen LogP contribution in [0.1, 0.15) is 27.8 Å². The van der Waals surface area contributed by atoms with E-state index in [9.17, 15) is 4.79 Å². The zero-order valence-corrected chi connectivity index (χ0v) is 18.4. The smallest absolute Gasteiger partial charge is 0.240 e. The van der Waals surface area contributed by atoms with Gasteiger partial charge in [0.05, 0.1) is 4.83 Å². The van der Waals surface area contributed by atoms with Gasteiger partial charge in [0, 0.05) is 12.7 Å². The maximum absolute atomic E-state index is 13.2. The van der Waals surface area contributed by atoms with Gasteiger partial charge in [-0.15, -0.1) is 0 Å². The Morgan fingerprint density at radius 1 is 0.862 bits per heavy atom. The van der Waals surface area contributed by atoms with Crippen molar-refractivity contribution in [3.8, 4) is 0 Å². The summed E-state index contributed by atoms with van der Waals surface area (Å²) in [4.78, 5) is 14.8. The number of rotatable bonds is 4. The summed E-state index contributed by atoms with van der Waals surface area (Å²) in [5.41, 5.74) is 7.43. The van der Waals surface area contributed by atoms with Crippen molar-refractivity contribution in [3.63, 3.8) is 0 Å². The Bertz CT molecular complexity index is 981. The molecule has 3 aromatic rings. The van der Waals surface area contributed by atoms with Crippen LogP contribution in [0.15, 0.2) is 72.8 Å². The van der Waals surface area contributed by atoms with Gasteiger partial charge in [0.2, 0.25) is 5.91 Å². The quantitative estimate of drug-likeness (QED) is 0.480. The number of aryl methyl sites for hydroxylation is 4. The van der Waals surface area contributed by atoms with E-state index in [0.29, 0.717) is 6.42 Å². The van der Waals surface area contributed by atoms with E-state index in [1.165, 1.54) is 22.3 Å². The molecular weight excluding hydrogens is 422 g/mol. The van der Waals surface area contributed by atoms with Crippen LogP contribution in [-0.4, -0.2) is 17.8 Å². The molecule has 4 aliphatic carbocycles. The molecule has 0 N–H and O–H groups in total. The van der Waals surface area contributed by atoms with Crippen LogP contribution in [0.5, 0.6) is 0 Å². The molecule has 148 valence electrons. The van der Waals surface area contributed by atoms with E-state index < -0.39 is 0 Å². The number of carbonyl (C=O) groups is 1. The van der Waals surface area contributed by atoms with E-state index in [1.807, 2.05) is 30.1 Å². The molecule has 0 saturated carbocycles. The summed E-state index contributed by atoms with van der Waals surface area (Å²) in [6, 6.07) is 25.8. The van der Waals surface area contributed by atoms with Crippen molar-refractivity contribution in [2.45, 2.75) is 36.9 Å².